The molecule has 13 aromatic rings. The summed E-state index contributed by atoms with van der Waals surface area (Å²) in [5.41, 5.74) is 13.8. The number of carbonyl (C=O) groups excluding carboxylic acids is 2. The summed E-state index contributed by atoms with van der Waals surface area (Å²) < 4.78 is 72.5. The zero-order valence-electron chi connectivity index (χ0n) is 48.5. The molecule has 36 heteroatoms. The first kappa shape index (κ1) is 72.0. The number of carboxylic acid groups (broad SMARTS) is 1. The number of fused-ring (bicyclic) bond motifs is 3. The van der Waals surface area contributed by atoms with Crippen LogP contribution < -0.4 is 22.3 Å². The average Bonchev–Trinajstić information content (AvgIpc) is 1.54. The van der Waals surface area contributed by atoms with Gasteiger partial charge >= 0.3 is 11.2 Å². The number of halogens is 8. The third kappa shape index (κ3) is 23.3. The molecule has 0 bridgehead atoms. The second kappa shape index (κ2) is 36.1. The molecule has 0 amide bonds. The number of carboxylic acids is 1. The summed E-state index contributed by atoms with van der Waals surface area (Å²) in [7, 11) is 0. The maximum atomic E-state index is 14.0. The van der Waals surface area contributed by atoms with Crippen molar-refractivity contribution in [1.29, 1.82) is 0 Å². The smallest absolute Gasteiger partial charge is 0.339 e. The van der Waals surface area contributed by atoms with Crippen LogP contribution in [0.25, 0.3) is 51.1 Å². The quantitative estimate of drug-likeness (QED) is 0.0195. The van der Waals surface area contributed by atoms with Crippen LogP contribution in [0.3, 0.4) is 0 Å². The van der Waals surface area contributed by atoms with Crippen molar-refractivity contribution < 1.29 is 46.4 Å². The number of aromatic amines is 2. The first-order valence-electron chi connectivity index (χ1n) is 26.5. The summed E-state index contributed by atoms with van der Waals surface area (Å²) >= 11 is 19.9. The van der Waals surface area contributed by atoms with Crippen LogP contribution in [0.1, 0.15) is 30.6 Å². The predicted octanol–water partition coefficient (Wildman–Crippen LogP) is 11.8. The number of anilines is 4. The first-order chi connectivity index (χ1) is 45.0. The van der Waals surface area contributed by atoms with Crippen LogP contribution in [0.2, 0.25) is 5.15 Å². The Morgan fingerprint density at radius 1 is 0.638 bits per heavy atom. The molecule has 94 heavy (non-hydrogen) atoms. The van der Waals surface area contributed by atoms with Gasteiger partial charge in [0.25, 0.3) is 28.9 Å². The van der Waals surface area contributed by atoms with Crippen molar-refractivity contribution in [2.24, 2.45) is 0 Å². The van der Waals surface area contributed by atoms with E-state index in [1.807, 2.05) is 12.1 Å². The van der Waals surface area contributed by atoms with E-state index in [0.717, 1.165) is 18.3 Å². The van der Waals surface area contributed by atoms with Gasteiger partial charge in [0.2, 0.25) is 5.95 Å². The van der Waals surface area contributed by atoms with Crippen molar-refractivity contribution in [3.8, 4) is 33.8 Å². The van der Waals surface area contributed by atoms with Gasteiger partial charge in [0, 0.05) is 78.0 Å². The lowest BCUT2D eigenvalue weighted by Crippen LogP contribution is -2.14. The maximum Gasteiger partial charge on any atom is 0.339 e. The third-order valence-corrected chi connectivity index (χ3v) is 11.3. The van der Waals surface area contributed by atoms with E-state index in [2.05, 4.69) is 114 Å². The highest BCUT2D eigenvalue weighted by Gasteiger charge is 2.17. The third-order valence-electron chi connectivity index (χ3n) is 11.1. The Balaban J connectivity index is 0.000000181. The number of ether oxygens (including phenoxy) is 1. The molecular weight excluding hydrogens is 1340 g/mol. The van der Waals surface area contributed by atoms with Crippen molar-refractivity contribution in [2.45, 2.75) is 20.3 Å². The molecule has 0 fully saturated rings. The topological polar surface area (TPSA) is 378 Å². The van der Waals surface area contributed by atoms with Crippen molar-refractivity contribution in [2.75, 3.05) is 23.4 Å². The van der Waals surface area contributed by atoms with Gasteiger partial charge in [-0.05, 0) is 113 Å². The van der Waals surface area contributed by atoms with Crippen LogP contribution in [0, 0.1) is 23.3 Å². The lowest BCUT2D eigenvalue weighted by Gasteiger charge is -2.10. The molecule has 484 valence electrons. The fourth-order valence-corrected chi connectivity index (χ4v) is 7.43. The second-order valence-electron chi connectivity index (χ2n) is 17.7. The van der Waals surface area contributed by atoms with E-state index in [1.165, 1.54) is 76.8 Å². The molecule has 0 saturated heterocycles. The van der Waals surface area contributed by atoms with Crippen molar-refractivity contribution in [3.63, 3.8) is 0 Å². The van der Waals surface area contributed by atoms with E-state index in [0.29, 0.717) is 51.0 Å². The largest absolute Gasteiger partial charge is 0.481 e. The van der Waals surface area contributed by atoms with Crippen molar-refractivity contribution in [3.05, 3.63) is 234 Å². The molecule has 9 aromatic heterocycles. The van der Waals surface area contributed by atoms with E-state index >= 15 is 0 Å². The standard InChI is InChI=1S/C16H11FN6.C11H6ClFN4.C11H7FN4O.C11H11FO3.C5H6N2.C2H4N4.C2H4O2.Cl3OP/c17-13-4-2-1-3-12(13)14-9-15(21-11-5-7-18-8-6-11)23-16(22-14)19-10-20-23;12-10-5-9(7-3-1-2-4-8(7)13)16-11-14-6-15-17(10)11;12-8-4-2-1-3-7(8)9-5-10(17)16-11(15-9)13-6-14-16;1-2-15-11(14)7-10(13)8-5-3-4-6-9(8)12;6-5-1-3-7-4-2-5;3-2-4-1-5-6-2;1-2(3)4;1-5(2,3)4/h1-10H,(H,18,21);1-6H;1-6H,(H,13,14,15);3-6H,2,7H2,1H3;1-4H,(H2,6,7);1H,(H3,3,4,5,6);1H3,(H,3,4);. The summed E-state index contributed by atoms with van der Waals surface area (Å²) in [6.07, 6.45) is 11.7. The highest BCUT2D eigenvalue weighted by atomic mass is 36.0. The monoisotopic (exact) mass is 1380 g/mol. The molecule has 0 atom stereocenters. The SMILES string of the molecule is CC(=O)O.CCOC(=O)CC(=O)c1ccccc1F.Fc1ccccc1-c1cc(Cl)n2ncnc2n1.Fc1ccccc1-c1cc(Nc2ccncc2)n2ncnc2n1.Nc1ccncc1.Nc1ncn[nH]1.O=P(Cl)(Cl)Cl.O=c1cc(-c2ccccc2F)nc2nc[nH]n12. The van der Waals surface area contributed by atoms with Crippen molar-refractivity contribution in [1.82, 2.24) is 83.9 Å². The van der Waals surface area contributed by atoms with Crippen LogP contribution in [0.5, 0.6) is 0 Å². The fourth-order valence-electron chi connectivity index (χ4n) is 7.21. The number of nitrogens with one attached hydrogen (secondary N) is 3. The Bertz CT molecular complexity index is 4680. The minimum Gasteiger partial charge on any atom is -0.481 e. The Morgan fingerprint density at radius 3 is 1.57 bits per heavy atom. The minimum atomic E-state index is -3.22. The number of nitrogens with two attached hydrogens (primary N) is 2. The van der Waals surface area contributed by atoms with Gasteiger partial charge in [0.15, 0.2) is 5.78 Å². The summed E-state index contributed by atoms with van der Waals surface area (Å²) in [5.74, 6) is -1.80. The molecule has 13 rings (SSSR count). The summed E-state index contributed by atoms with van der Waals surface area (Å²) in [5, 5.41) is 24.3. The molecule has 0 saturated carbocycles. The number of pyridine rings is 2. The van der Waals surface area contributed by atoms with E-state index in [9.17, 15) is 36.5 Å². The number of nitrogen functional groups attached to an aromatic ring is 2. The van der Waals surface area contributed by atoms with Gasteiger partial charge in [-0.3, -0.25) is 38.8 Å². The van der Waals surface area contributed by atoms with E-state index in [-0.39, 0.29) is 46.4 Å². The predicted molar refractivity (Wildman–Crippen MR) is 344 cm³/mol. The number of nitrogens with zero attached hydrogens (tertiary/aromatic N) is 15. The number of ketones is 1. The van der Waals surface area contributed by atoms with Gasteiger partial charge < -0.3 is 26.6 Å². The Kier molecular flexibility index (Phi) is 27.6. The van der Waals surface area contributed by atoms with Gasteiger partial charge in [-0.25, -0.2) is 47.6 Å². The molecule has 0 radical (unpaired) electrons. The van der Waals surface area contributed by atoms with Gasteiger partial charge in [-0.1, -0.05) is 60.1 Å². The second-order valence-corrected chi connectivity index (χ2v) is 24.7. The Morgan fingerprint density at radius 2 is 1.11 bits per heavy atom. The zero-order chi connectivity index (χ0) is 68.2. The molecule has 0 aliphatic carbocycles. The number of aliphatic carboxylic acids is 1. The average molecular weight is 1390 g/mol. The van der Waals surface area contributed by atoms with Gasteiger partial charge in [-0.2, -0.15) is 38.8 Å². The Hall–Kier alpha value is -11.1. The molecular formula is C58H49Cl4F4N20O7P. The van der Waals surface area contributed by atoms with Gasteiger partial charge in [-0.15, -0.1) is 0 Å². The fraction of sp³-hybridized carbons (Fsp3) is 0.0690. The molecule has 0 unspecified atom stereocenters. The number of carbonyl (C=O) groups is 3. The van der Waals surface area contributed by atoms with Crippen LogP contribution in [-0.4, -0.2) is 113 Å². The number of benzene rings is 4. The lowest BCUT2D eigenvalue weighted by molar-refractivity contribution is -0.142. The summed E-state index contributed by atoms with van der Waals surface area (Å²) in [6, 6.07) is 36.3. The molecule has 4 aromatic carbocycles. The van der Waals surface area contributed by atoms with E-state index in [1.54, 1.807) is 121 Å². The minimum absolute atomic E-state index is 0.0782. The number of H-pyrrole nitrogens is 2. The normalized spacial score (nSPS) is 10.2. The van der Waals surface area contributed by atoms with E-state index in [4.69, 9.17) is 33.0 Å². The molecule has 27 nitrogen and oxygen atoms in total. The molecule has 0 aliphatic heterocycles. The van der Waals surface area contributed by atoms with Crippen LogP contribution >= 0.6 is 50.5 Å². The van der Waals surface area contributed by atoms with E-state index < -0.39 is 41.0 Å². The number of hydrogen-bond acceptors (Lipinski definition) is 21. The molecule has 0 spiro atoms. The highest BCUT2D eigenvalue weighted by Crippen LogP contribution is 2.61. The lowest BCUT2D eigenvalue weighted by atomic mass is 10.1. The van der Waals surface area contributed by atoms with Gasteiger partial charge in [0.05, 0.1) is 29.3 Å². The first-order valence-corrected chi connectivity index (χ1v) is 31.3. The molecule has 9 heterocycles. The molecule has 8 N–H and O–H groups in total. The van der Waals surface area contributed by atoms with Gasteiger partial charge in [0.1, 0.15) is 66.0 Å². The van der Waals surface area contributed by atoms with Crippen molar-refractivity contribution >= 4 is 109 Å². The summed E-state index contributed by atoms with van der Waals surface area (Å²) in [6.45, 7) is 2.94. The number of Topliss-reactive ketones (excluding diaryl/α,β-unsaturated/α-hetero) is 1. The number of aromatic nitrogens is 17. The Labute approximate surface area is 547 Å². The van der Waals surface area contributed by atoms with Crippen LogP contribution in [-0.2, 0) is 18.9 Å². The summed E-state index contributed by atoms with van der Waals surface area (Å²) in [4.78, 5) is 78.9. The zero-order valence-corrected chi connectivity index (χ0v) is 52.5. The molecule has 0 aliphatic rings. The number of rotatable bonds is 9. The number of hydrogen-bond donors (Lipinski definition) is 6. The van der Waals surface area contributed by atoms with Crippen LogP contribution in [0.4, 0.5) is 40.7 Å². The maximum absolute atomic E-state index is 14.0. The highest BCUT2D eigenvalue weighted by molar-refractivity contribution is 8.24. The van der Waals surface area contributed by atoms with Crippen LogP contribution in [0.15, 0.2) is 194 Å². The number of esters is 1.